The number of methoxy groups -OCH3 is 1. The van der Waals surface area contributed by atoms with E-state index in [2.05, 4.69) is 17.2 Å². The molecule has 0 atom stereocenters. The summed E-state index contributed by atoms with van der Waals surface area (Å²) in [6.07, 6.45) is 1.76. The second-order valence-electron chi connectivity index (χ2n) is 4.35. The van der Waals surface area contributed by atoms with Gasteiger partial charge < -0.3 is 24.3 Å². The highest BCUT2D eigenvalue weighted by atomic mass is 16.6. The van der Waals surface area contributed by atoms with Crippen molar-refractivity contribution in [1.82, 2.24) is 10.3 Å². The van der Waals surface area contributed by atoms with Gasteiger partial charge in [0.15, 0.2) is 0 Å². The summed E-state index contributed by atoms with van der Waals surface area (Å²) < 4.78 is 21.1. The average molecular weight is 298 g/mol. The number of pyridine rings is 1. The molecule has 6 nitrogen and oxygen atoms in total. The molecular formula is C15H26N2O4. The molecule has 0 aromatic carbocycles. The number of rotatable bonds is 13. The lowest BCUT2D eigenvalue weighted by Crippen LogP contribution is -2.13. The fraction of sp³-hybridized carbons (Fsp3) is 0.667. The van der Waals surface area contributed by atoms with Crippen molar-refractivity contribution in [2.75, 3.05) is 53.3 Å². The van der Waals surface area contributed by atoms with Gasteiger partial charge in [0.2, 0.25) is 5.88 Å². The molecule has 0 radical (unpaired) electrons. The Morgan fingerprint density at radius 2 is 1.76 bits per heavy atom. The zero-order valence-electron chi connectivity index (χ0n) is 13.0. The Morgan fingerprint density at radius 3 is 2.48 bits per heavy atom. The third-order valence-electron chi connectivity index (χ3n) is 2.66. The van der Waals surface area contributed by atoms with Crippen LogP contribution in [0.4, 0.5) is 0 Å². The Balaban J connectivity index is 2.04. The monoisotopic (exact) mass is 298 g/mol. The molecule has 0 saturated carbocycles. The van der Waals surface area contributed by atoms with Crippen LogP contribution in [-0.4, -0.2) is 58.3 Å². The van der Waals surface area contributed by atoms with E-state index in [0.29, 0.717) is 45.5 Å². The van der Waals surface area contributed by atoms with Crippen LogP contribution in [0, 0.1) is 0 Å². The predicted octanol–water partition coefficient (Wildman–Crippen LogP) is 1.25. The number of ether oxygens (including phenoxy) is 4. The molecule has 6 heteroatoms. The SMILES string of the molecule is CCNCc1ccnc(OCCOCCOCCOC)c1. The first-order valence-corrected chi connectivity index (χ1v) is 7.29. The summed E-state index contributed by atoms with van der Waals surface area (Å²) in [7, 11) is 1.65. The number of aromatic nitrogens is 1. The quantitative estimate of drug-likeness (QED) is 0.553. The highest BCUT2D eigenvalue weighted by Crippen LogP contribution is 2.08. The molecule has 0 amide bonds. The first-order valence-electron chi connectivity index (χ1n) is 7.29. The molecule has 0 aliphatic carbocycles. The second kappa shape index (κ2) is 12.5. The van der Waals surface area contributed by atoms with E-state index in [1.807, 2.05) is 12.1 Å². The van der Waals surface area contributed by atoms with Crippen LogP contribution >= 0.6 is 0 Å². The molecule has 1 aromatic heterocycles. The van der Waals surface area contributed by atoms with Gasteiger partial charge in [-0.1, -0.05) is 6.92 Å². The molecule has 0 spiro atoms. The summed E-state index contributed by atoms with van der Waals surface area (Å²) in [6.45, 7) is 7.18. The third kappa shape index (κ3) is 9.36. The Bertz CT molecular complexity index is 363. The predicted molar refractivity (Wildman–Crippen MR) is 80.6 cm³/mol. The molecule has 21 heavy (non-hydrogen) atoms. The highest BCUT2D eigenvalue weighted by molar-refractivity contribution is 5.20. The van der Waals surface area contributed by atoms with Crippen molar-refractivity contribution < 1.29 is 18.9 Å². The maximum Gasteiger partial charge on any atom is 0.213 e. The Kier molecular flexibility index (Phi) is 10.6. The fourth-order valence-electron chi connectivity index (χ4n) is 1.58. The van der Waals surface area contributed by atoms with E-state index >= 15 is 0 Å². The summed E-state index contributed by atoms with van der Waals surface area (Å²) in [5.74, 6) is 0.630. The van der Waals surface area contributed by atoms with Crippen LogP contribution < -0.4 is 10.1 Å². The van der Waals surface area contributed by atoms with Gasteiger partial charge in [0.25, 0.3) is 0 Å². The van der Waals surface area contributed by atoms with Gasteiger partial charge in [-0.3, -0.25) is 0 Å². The second-order valence-corrected chi connectivity index (χ2v) is 4.35. The van der Waals surface area contributed by atoms with Crippen LogP contribution in [-0.2, 0) is 20.8 Å². The van der Waals surface area contributed by atoms with Crippen molar-refractivity contribution in [1.29, 1.82) is 0 Å². The van der Waals surface area contributed by atoms with E-state index < -0.39 is 0 Å². The maximum atomic E-state index is 5.55. The van der Waals surface area contributed by atoms with E-state index in [1.54, 1.807) is 13.3 Å². The van der Waals surface area contributed by atoms with Gasteiger partial charge in [0.05, 0.1) is 33.0 Å². The maximum absolute atomic E-state index is 5.55. The molecule has 1 heterocycles. The molecule has 1 aromatic rings. The number of hydrogen-bond donors (Lipinski definition) is 1. The largest absolute Gasteiger partial charge is 0.475 e. The molecule has 0 saturated heterocycles. The van der Waals surface area contributed by atoms with Crippen LogP contribution in [0.3, 0.4) is 0 Å². The van der Waals surface area contributed by atoms with Crippen molar-refractivity contribution in [3.63, 3.8) is 0 Å². The molecule has 0 fully saturated rings. The highest BCUT2D eigenvalue weighted by Gasteiger charge is 1.98. The van der Waals surface area contributed by atoms with Gasteiger partial charge in [-0.25, -0.2) is 4.98 Å². The lowest BCUT2D eigenvalue weighted by atomic mass is 10.2. The van der Waals surface area contributed by atoms with Gasteiger partial charge in [-0.05, 0) is 18.2 Å². The van der Waals surface area contributed by atoms with Gasteiger partial charge in [0, 0.05) is 25.9 Å². The summed E-state index contributed by atoms with van der Waals surface area (Å²) in [6, 6.07) is 3.92. The zero-order valence-corrected chi connectivity index (χ0v) is 13.0. The van der Waals surface area contributed by atoms with E-state index in [0.717, 1.165) is 18.7 Å². The van der Waals surface area contributed by atoms with Crippen molar-refractivity contribution in [2.45, 2.75) is 13.5 Å². The summed E-state index contributed by atoms with van der Waals surface area (Å²) in [5.41, 5.74) is 1.16. The van der Waals surface area contributed by atoms with Gasteiger partial charge in [-0.15, -0.1) is 0 Å². The summed E-state index contributed by atoms with van der Waals surface area (Å²) in [5, 5.41) is 3.27. The lowest BCUT2D eigenvalue weighted by Gasteiger charge is -2.08. The Hall–Kier alpha value is -1.21. The Morgan fingerprint density at radius 1 is 1.05 bits per heavy atom. The summed E-state index contributed by atoms with van der Waals surface area (Å²) >= 11 is 0. The molecule has 120 valence electrons. The average Bonchev–Trinajstić information content (AvgIpc) is 2.52. The summed E-state index contributed by atoms with van der Waals surface area (Å²) in [4.78, 5) is 4.17. The minimum absolute atomic E-state index is 0.482. The van der Waals surface area contributed by atoms with Crippen molar-refractivity contribution >= 4 is 0 Å². The number of hydrogen-bond acceptors (Lipinski definition) is 6. The molecular weight excluding hydrogens is 272 g/mol. The molecule has 0 aliphatic heterocycles. The Labute approximate surface area is 126 Å². The first kappa shape index (κ1) is 17.8. The third-order valence-corrected chi connectivity index (χ3v) is 2.66. The normalized spacial score (nSPS) is 10.8. The van der Waals surface area contributed by atoms with E-state index in [9.17, 15) is 0 Å². The van der Waals surface area contributed by atoms with E-state index in [-0.39, 0.29) is 0 Å². The van der Waals surface area contributed by atoms with Crippen molar-refractivity contribution in [3.05, 3.63) is 23.9 Å². The molecule has 0 unspecified atom stereocenters. The minimum atomic E-state index is 0.482. The van der Waals surface area contributed by atoms with Crippen LogP contribution in [0.25, 0.3) is 0 Å². The number of nitrogens with one attached hydrogen (secondary N) is 1. The van der Waals surface area contributed by atoms with Crippen molar-refractivity contribution in [3.8, 4) is 5.88 Å². The topological polar surface area (TPSA) is 61.8 Å². The van der Waals surface area contributed by atoms with E-state index in [1.165, 1.54) is 0 Å². The van der Waals surface area contributed by atoms with Gasteiger partial charge in [0.1, 0.15) is 6.61 Å². The molecule has 0 aliphatic rings. The van der Waals surface area contributed by atoms with Crippen LogP contribution in [0.5, 0.6) is 5.88 Å². The smallest absolute Gasteiger partial charge is 0.213 e. The van der Waals surface area contributed by atoms with Crippen LogP contribution in [0.2, 0.25) is 0 Å². The van der Waals surface area contributed by atoms with Crippen LogP contribution in [0.15, 0.2) is 18.3 Å². The molecule has 1 rings (SSSR count). The lowest BCUT2D eigenvalue weighted by molar-refractivity contribution is 0.0176. The first-order chi connectivity index (χ1) is 10.4. The van der Waals surface area contributed by atoms with Gasteiger partial charge in [-0.2, -0.15) is 0 Å². The standard InChI is InChI=1S/C15H26N2O4/c1-3-16-13-14-4-5-17-15(12-14)21-11-10-20-9-8-19-7-6-18-2/h4-5,12,16H,3,6-11,13H2,1-2H3. The van der Waals surface area contributed by atoms with E-state index in [4.69, 9.17) is 18.9 Å². The zero-order chi connectivity index (χ0) is 15.2. The fourth-order valence-corrected chi connectivity index (χ4v) is 1.58. The number of nitrogens with zero attached hydrogens (tertiary/aromatic N) is 1. The molecule has 1 N–H and O–H groups in total. The minimum Gasteiger partial charge on any atom is -0.475 e. The van der Waals surface area contributed by atoms with Crippen molar-refractivity contribution in [2.24, 2.45) is 0 Å². The van der Waals surface area contributed by atoms with Gasteiger partial charge >= 0.3 is 0 Å². The van der Waals surface area contributed by atoms with Crippen LogP contribution in [0.1, 0.15) is 12.5 Å². The molecule has 0 bridgehead atoms.